The van der Waals surface area contributed by atoms with Gasteiger partial charge in [-0.05, 0) is 37.6 Å². The number of hydrogen-bond donors (Lipinski definition) is 2. The molecule has 0 saturated carbocycles. The average Bonchev–Trinajstić information content (AvgIpc) is 3.25. The lowest BCUT2D eigenvalue weighted by molar-refractivity contribution is 0.0977. The van der Waals surface area contributed by atoms with Crippen molar-refractivity contribution in [3.8, 4) is 0 Å². The van der Waals surface area contributed by atoms with Gasteiger partial charge in [0, 0.05) is 50.9 Å². The first-order valence-corrected chi connectivity index (χ1v) is 14.8. The Morgan fingerprint density at radius 1 is 1.18 bits per heavy atom. The maximum absolute atomic E-state index is 13.6. The highest BCUT2D eigenvalue weighted by Crippen LogP contribution is 2.30. The number of anilines is 2. The summed E-state index contributed by atoms with van der Waals surface area (Å²) in [5, 5.41) is 8.26. The first kappa shape index (κ1) is 27.6. The molecule has 1 amide bonds. The number of carbonyl (C=O) groups excluding carboxylic acids is 1. The molecule has 0 unspecified atom stereocenters. The van der Waals surface area contributed by atoms with Crippen LogP contribution in [0.15, 0.2) is 35.3 Å². The van der Waals surface area contributed by atoms with Gasteiger partial charge in [0.2, 0.25) is 16.0 Å². The Bertz CT molecular complexity index is 1830. The summed E-state index contributed by atoms with van der Waals surface area (Å²) < 4.78 is 28.6. The van der Waals surface area contributed by atoms with E-state index in [0.717, 1.165) is 35.1 Å². The third-order valence-electron chi connectivity index (χ3n) is 6.78. The van der Waals surface area contributed by atoms with E-state index in [-0.39, 0.29) is 22.1 Å². The van der Waals surface area contributed by atoms with E-state index >= 15 is 0 Å². The number of carbonyl (C=O) groups is 1. The Morgan fingerprint density at radius 2 is 1.93 bits per heavy atom. The SMILES string of the molecule is Cc1cc([C@@H](C)Nc2ccc(Cl)nc2C(=O)NS(C)(=O)=O)c2nc(N3CCc4nn(C)cc4C3)n(C)c(=O)c2c1. The second kappa shape index (κ2) is 10.2. The third kappa shape index (κ3) is 5.39. The van der Waals surface area contributed by atoms with E-state index in [9.17, 15) is 18.0 Å². The molecule has 0 bridgehead atoms. The first-order chi connectivity index (χ1) is 18.8. The van der Waals surface area contributed by atoms with Crippen molar-refractivity contribution in [2.45, 2.75) is 32.9 Å². The molecule has 3 aromatic heterocycles. The summed E-state index contributed by atoms with van der Waals surface area (Å²) in [6.07, 6.45) is 3.61. The summed E-state index contributed by atoms with van der Waals surface area (Å²) in [6, 6.07) is 6.35. The second-order valence-corrected chi connectivity index (χ2v) is 12.2. The van der Waals surface area contributed by atoms with Crippen molar-refractivity contribution >= 4 is 50.1 Å². The fourth-order valence-corrected chi connectivity index (χ4v) is 5.61. The van der Waals surface area contributed by atoms with Gasteiger partial charge in [0.25, 0.3) is 11.5 Å². The van der Waals surface area contributed by atoms with E-state index in [1.54, 1.807) is 22.4 Å². The van der Waals surface area contributed by atoms with Crippen molar-refractivity contribution in [3.63, 3.8) is 0 Å². The molecular formula is C26H29ClN8O4S. The number of halogens is 1. The molecule has 2 N–H and O–H groups in total. The van der Waals surface area contributed by atoms with Crippen LogP contribution in [-0.4, -0.2) is 51.4 Å². The molecule has 0 fully saturated rings. The summed E-state index contributed by atoms with van der Waals surface area (Å²) >= 11 is 6.02. The lowest BCUT2D eigenvalue weighted by atomic mass is 10.0. The zero-order chi connectivity index (χ0) is 28.9. The van der Waals surface area contributed by atoms with E-state index in [4.69, 9.17) is 16.6 Å². The van der Waals surface area contributed by atoms with E-state index in [1.807, 2.05) is 43.9 Å². The molecule has 4 aromatic rings. The van der Waals surface area contributed by atoms with Crippen molar-refractivity contribution in [3.05, 3.63) is 74.0 Å². The zero-order valence-electron chi connectivity index (χ0n) is 22.7. The van der Waals surface area contributed by atoms with Gasteiger partial charge in [-0.2, -0.15) is 5.10 Å². The van der Waals surface area contributed by atoms with Gasteiger partial charge in [-0.3, -0.25) is 18.8 Å². The lowest BCUT2D eigenvalue weighted by Crippen LogP contribution is -2.36. The second-order valence-electron chi connectivity index (χ2n) is 10.1. The number of nitrogens with zero attached hydrogens (tertiary/aromatic N) is 6. The molecule has 0 aliphatic carbocycles. The van der Waals surface area contributed by atoms with Gasteiger partial charge in [0.1, 0.15) is 5.15 Å². The average molecular weight is 585 g/mol. The van der Waals surface area contributed by atoms with Gasteiger partial charge >= 0.3 is 0 Å². The van der Waals surface area contributed by atoms with Crippen molar-refractivity contribution in [2.24, 2.45) is 14.1 Å². The minimum absolute atomic E-state index is 0.0333. The highest BCUT2D eigenvalue weighted by molar-refractivity contribution is 7.89. The molecule has 0 spiro atoms. The molecular weight excluding hydrogens is 556 g/mol. The van der Waals surface area contributed by atoms with Crippen molar-refractivity contribution in [2.75, 3.05) is 23.0 Å². The minimum atomic E-state index is -3.83. The topological polar surface area (TPSA) is 144 Å². The molecule has 210 valence electrons. The van der Waals surface area contributed by atoms with Crippen LogP contribution in [0.2, 0.25) is 5.15 Å². The number of fused-ring (bicyclic) bond motifs is 2. The number of amides is 1. The number of rotatable bonds is 6. The molecule has 1 atom stereocenters. The maximum Gasteiger partial charge on any atom is 0.285 e. The Morgan fingerprint density at radius 3 is 2.65 bits per heavy atom. The van der Waals surface area contributed by atoms with E-state index in [2.05, 4.69) is 20.3 Å². The molecule has 1 aromatic carbocycles. The zero-order valence-corrected chi connectivity index (χ0v) is 24.3. The Hall–Kier alpha value is -3.97. The van der Waals surface area contributed by atoms with Crippen LogP contribution in [0, 0.1) is 6.92 Å². The molecule has 14 heteroatoms. The number of aromatic nitrogens is 5. The highest BCUT2D eigenvalue weighted by Gasteiger charge is 2.25. The van der Waals surface area contributed by atoms with Crippen molar-refractivity contribution in [1.29, 1.82) is 0 Å². The molecule has 1 aliphatic heterocycles. The van der Waals surface area contributed by atoms with Gasteiger partial charge in [0.05, 0.1) is 34.6 Å². The normalized spacial score (nSPS) is 14.2. The van der Waals surface area contributed by atoms with Crippen LogP contribution in [-0.2, 0) is 37.1 Å². The number of pyridine rings is 1. The monoisotopic (exact) mass is 584 g/mol. The van der Waals surface area contributed by atoms with Crippen LogP contribution in [0.4, 0.5) is 11.6 Å². The predicted octanol–water partition coefficient (Wildman–Crippen LogP) is 2.45. The van der Waals surface area contributed by atoms with Crippen LogP contribution >= 0.6 is 11.6 Å². The van der Waals surface area contributed by atoms with Crippen LogP contribution < -0.4 is 20.5 Å². The predicted molar refractivity (Wildman–Crippen MR) is 153 cm³/mol. The van der Waals surface area contributed by atoms with Gasteiger partial charge in [0.15, 0.2) is 5.69 Å². The Kier molecular flexibility index (Phi) is 7.04. The molecule has 5 rings (SSSR count). The summed E-state index contributed by atoms with van der Waals surface area (Å²) in [5.74, 6) is -0.367. The number of nitrogens with one attached hydrogen (secondary N) is 2. The largest absolute Gasteiger partial charge is 0.377 e. The molecule has 4 heterocycles. The third-order valence-corrected chi connectivity index (χ3v) is 7.54. The van der Waals surface area contributed by atoms with Gasteiger partial charge in [-0.15, -0.1) is 0 Å². The molecule has 1 aliphatic rings. The molecule has 0 radical (unpaired) electrons. The van der Waals surface area contributed by atoms with E-state index in [0.29, 0.717) is 29.9 Å². The summed E-state index contributed by atoms with van der Waals surface area (Å²) in [4.78, 5) is 37.4. The molecule has 40 heavy (non-hydrogen) atoms. The number of sulfonamides is 1. The Labute approximate surface area is 236 Å². The van der Waals surface area contributed by atoms with Crippen molar-refractivity contribution in [1.82, 2.24) is 29.0 Å². The first-order valence-electron chi connectivity index (χ1n) is 12.5. The van der Waals surface area contributed by atoms with Gasteiger partial charge < -0.3 is 10.2 Å². The summed E-state index contributed by atoms with van der Waals surface area (Å²) in [7, 11) is -0.213. The summed E-state index contributed by atoms with van der Waals surface area (Å²) in [5.41, 5.74) is 4.20. The number of aryl methyl sites for hydroxylation is 2. The van der Waals surface area contributed by atoms with E-state index in [1.165, 1.54) is 6.07 Å². The highest BCUT2D eigenvalue weighted by atomic mass is 35.5. The van der Waals surface area contributed by atoms with Crippen molar-refractivity contribution < 1.29 is 13.2 Å². The summed E-state index contributed by atoms with van der Waals surface area (Å²) in [6.45, 7) is 5.01. The number of hydrogen-bond acceptors (Lipinski definition) is 9. The fourth-order valence-electron chi connectivity index (χ4n) is 5.03. The smallest absolute Gasteiger partial charge is 0.285 e. The maximum atomic E-state index is 13.6. The molecule has 0 saturated heterocycles. The number of benzene rings is 1. The van der Waals surface area contributed by atoms with Gasteiger partial charge in [-0.1, -0.05) is 17.7 Å². The van der Waals surface area contributed by atoms with Crippen LogP contribution in [0.1, 0.15) is 45.8 Å². The standard InChI is InChI=1S/C26H29ClN8O4S/c1-14-10-17(15(2)28-20-6-7-21(27)29-23(20)24(36)32-40(5,38)39)22-18(11-14)25(37)34(4)26(30-22)35-9-8-19-16(13-35)12-33(3)31-19/h6-7,10-12,15,28H,8-9,13H2,1-5H3,(H,32,36)/t15-/m1/s1. The Balaban J connectivity index is 1.56. The quantitative estimate of drug-likeness (QED) is 0.326. The van der Waals surface area contributed by atoms with Crippen LogP contribution in [0.25, 0.3) is 10.9 Å². The van der Waals surface area contributed by atoms with Crippen LogP contribution in [0.3, 0.4) is 0 Å². The van der Waals surface area contributed by atoms with E-state index < -0.39 is 22.0 Å². The minimum Gasteiger partial charge on any atom is -0.377 e. The van der Waals surface area contributed by atoms with Crippen LogP contribution in [0.5, 0.6) is 0 Å². The lowest BCUT2D eigenvalue weighted by Gasteiger charge is -2.29. The fraction of sp³-hybridized carbons (Fsp3) is 0.346. The molecule has 12 nitrogen and oxygen atoms in total. The van der Waals surface area contributed by atoms with Gasteiger partial charge in [-0.25, -0.2) is 23.1 Å².